The molecule has 1 aliphatic rings. The summed E-state index contributed by atoms with van der Waals surface area (Å²) in [5, 5.41) is 10.7. The lowest BCUT2D eigenvalue weighted by atomic mass is 9.83. The van der Waals surface area contributed by atoms with Gasteiger partial charge in [-0.2, -0.15) is 0 Å². The average molecular weight is 372 g/mol. The summed E-state index contributed by atoms with van der Waals surface area (Å²) in [6, 6.07) is 6.40. The first-order valence-corrected chi connectivity index (χ1v) is 8.29. The molecule has 0 bridgehead atoms. The van der Waals surface area contributed by atoms with Gasteiger partial charge in [0, 0.05) is 17.0 Å². The summed E-state index contributed by atoms with van der Waals surface area (Å²) >= 11 is 0. The van der Waals surface area contributed by atoms with Crippen LogP contribution in [0.1, 0.15) is 40.7 Å². The van der Waals surface area contributed by atoms with Crippen LogP contribution in [0, 0.1) is 0 Å². The molecule has 1 N–H and O–H groups in total. The smallest absolute Gasteiger partial charge is 0.312 e. The SMILES string of the molecule is COc1ccc([C@H]2CC(=O)Oc3ccc(C(C)=O)c(O)c32)c(OC)c1OC. The normalized spacial score (nSPS) is 15.6. The molecule has 0 amide bonds. The summed E-state index contributed by atoms with van der Waals surface area (Å²) in [5.41, 5.74) is 1.15. The van der Waals surface area contributed by atoms with E-state index in [4.69, 9.17) is 18.9 Å². The van der Waals surface area contributed by atoms with Gasteiger partial charge in [0.1, 0.15) is 11.5 Å². The van der Waals surface area contributed by atoms with Crippen LogP contribution in [-0.4, -0.2) is 38.2 Å². The van der Waals surface area contributed by atoms with Crippen molar-refractivity contribution in [2.24, 2.45) is 0 Å². The van der Waals surface area contributed by atoms with Crippen LogP contribution in [0.25, 0.3) is 0 Å². The largest absolute Gasteiger partial charge is 0.507 e. The Balaban J connectivity index is 2.27. The number of methoxy groups -OCH3 is 3. The van der Waals surface area contributed by atoms with Gasteiger partial charge in [-0.1, -0.05) is 6.07 Å². The fourth-order valence-corrected chi connectivity index (χ4v) is 3.40. The first-order chi connectivity index (χ1) is 12.9. The van der Waals surface area contributed by atoms with Crippen LogP contribution in [0.5, 0.6) is 28.7 Å². The lowest BCUT2D eigenvalue weighted by molar-refractivity contribution is -0.135. The van der Waals surface area contributed by atoms with E-state index in [2.05, 4.69) is 0 Å². The zero-order valence-electron chi connectivity index (χ0n) is 15.5. The van der Waals surface area contributed by atoms with Crippen molar-refractivity contribution in [2.45, 2.75) is 19.3 Å². The number of fused-ring (bicyclic) bond motifs is 1. The highest BCUT2D eigenvalue weighted by atomic mass is 16.5. The van der Waals surface area contributed by atoms with Gasteiger partial charge in [0.2, 0.25) is 5.75 Å². The molecule has 0 saturated heterocycles. The van der Waals surface area contributed by atoms with Crippen molar-refractivity contribution in [3.63, 3.8) is 0 Å². The fourth-order valence-electron chi connectivity index (χ4n) is 3.40. The minimum atomic E-state index is -0.574. The molecule has 7 nitrogen and oxygen atoms in total. The number of ether oxygens (including phenoxy) is 4. The molecule has 0 saturated carbocycles. The number of hydrogen-bond donors (Lipinski definition) is 1. The molecule has 1 aliphatic heterocycles. The maximum absolute atomic E-state index is 12.1. The van der Waals surface area contributed by atoms with Crippen molar-refractivity contribution in [3.05, 3.63) is 41.0 Å². The third-order valence-corrected chi connectivity index (χ3v) is 4.61. The highest BCUT2D eigenvalue weighted by Crippen LogP contribution is 2.50. The molecule has 0 radical (unpaired) electrons. The van der Waals surface area contributed by atoms with Crippen molar-refractivity contribution >= 4 is 11.8 Å². The third-order valence-electron chi connectivity index (χ3n) is 4.61. The summed E-state index contributed by atoms with van der Waals surface area (Å²) in [6.45, 7) is 1.36. The van der Waals surface area contributed by atoms with Gasteiger partial charge < -0.3 is 24.1 Å². The van der Waals surface area contributed by atoms with Crippen LogP contribution in [-0.2, 0) is 4.79 Å². The Kier molecular flexibility index (Phi) is 4.94. The van der Waals surface area contributed by atoms with Gasteiger partial charge in [-0.3, -0.25) is 9.59 Å². The Hall–Kier alpha value is -3.22. The summed E-state index contributed by atoms with van der Waals surface area (Å²) in [6.07, 6.45) is -0.0201. The molecule has 0 aromatic heterocycles. The quantitative estimate of drug-likeness (QED) is 0.490. The van der Waals surface area contributed by atoms with E-state index in [0.717, 1.165) is 0 Å². The molecule has 1 heterocycles. The summed E-state index contributed by atoms with van der Waals surface area (Å²) < 4.78 is 21.5. The number of Topliss-reactive ketones (excluding diaryl/α,β-unsaturated/α-hetero) is 1. The second-order valence-corrected chi connectivity index (χ2v) is 6.08. The van der Waals surface area contributed by atoms with Gasteiger partial charge in [-0.15, -0.1) is 0 Å². The monoisotopic (exact) mass is 372 g/mol. The number of ketones is 1. The van der Waals surface area contributed by atoms with Gasteiger partial charge in [0.05, 0.1) is 33.3 Å². The van der Waals surface area contributed by atoms with Crippen molar-refractivity contribution in [1.82, 2.24) is 0 Å². The van der Waals surface area contributed by atoms with E-state index in [-0.39, 0.29) is 29.3 Å². The number of carbonyl (C=O) groups is 2. The van der Waals surface area contributed by atoms with Gasteiger partial charge in [-0.25, -0.2) is 0 Å². The van der Waals surface area contributed by atoms with Crippen LogP contribution in [0.3, 0.4) is 0 Å². The summed E-state index contributed by atoms with van der Waals surface area (Å²) in [7, 11) is 4.47. The molecular formula is C20H20O7. The zero-order valence-corrected chi connectivity index (χ0v) is 15.5. The Morgan fingerprint density at radius 2 is 1.78 bits per heavy atom. The minimum Gasteiger partial charge on any atom is -0.507 e. The molecule has 0 unspecified atom stereocenters. The summed E-state index contributed by atoms with van der Waals surface area (Å²) in [5.74, 6) is -0.0569. The highest BCUT2D eigenvalue weighted by molar-refractivity contribution is 5.98. The van der Waals surface area contributed by atoms with E-state index < -0.39 is 11.9 Å². The van der Waals surface area contributed by atoms with Crippen molar-refractivity contribution in [2.75, 3.05) is 21.3 Å². The number of aromatic hydroxyl groups is 1. The molecule has 0 fully saturated rings. The average Bonchev–Trinajstić information content (AvgIpc) is 2.65. The number of phenolic OH excluding ortho intramolecular Hbond substituents is 1. The van der Waals surface area contributed by atoms with Gasteiger partial charge in [0.15, 0.2) is 17.3 Å². The predicted octanol–water partition coefficient (Wildman–Crippen LogP) is 3.06. The van der Waals surface area contributed by atoms with Crippen molar-refractivity contribution < 1.29 is 33.6 Å². The van der Waals surface area contributed by atoms with E-state index in [0.29, 0.717) is 28.4 Å². The van der Waals surface area contributed by atoms with E-state index in [1.165, 1.54) is 40.4 Å². The van der Waals surface area contributed by atoms with Crippen molar-refractivity contribution in [1.29, 1.82) is 0 Å². The number of carbonyl (C=O) groups excluding carboxylic acids is 2. The van der Waals surface area contributed by atoms with Gasteiger partial charge in [-0.05, 0) is 25.1 Å². The van der Waals surface area contributed by atoms with E-state index in [1.54, 1.807) is 12.1 Å². The standard InChI is InChI=1S/C20H20O7/c1-10(21)11-5-7-14-17(18(11)23)13(9-16(22)27-14)12-6-8-15(24-2)20(26-4)19(12)25-3/h5-8,13,23H,9H2,1-4H3/t13-/m1/s1. The molecule has 3 rings (SSSR count). The van der Waals surface area contributed by atoms with Crippen molar-refractivity contribution in [3.8, 4) is 28.7 Å². The molecule has 1 atom stereocenters. The number of benzene rings is 2. The minimum absolute atomic E-state index is 0.0201. The van der Waals surface area contributed by atoms with Crippen LogP contribution in [0.2, 0.25) is 0 Å². The topological polar surface area (TPSA) is 91.3 Å². The first-order valence-electron chi connectivity index (χ1n) is 8.29. The molecule has 142 valence electrons. The van der Waals surface area contributed by atoms with E-state index in [9.17, 15) is 14.7 Å². The van der Waals surface area contributed by atoms with E-state index >= 15 is 0 Å². The Morgan fingerprint density at radius 3 is 2.37 bits per heavy atom. The van der Waals surface area contributed by atoms with Gasteiger partial charge >= 0.3 is 5.97 Å². The molecule has 0 spiro atoms. The Labute approximate surface area is 156 Å². The Morgan fingerprint density at radius 1 is 1.07 bits per heavy atom. The zero-order chi connectivity index (χ0) is 19.7. The lowest BCUT2D eigenvalue weighted by Gasteiger charge is -2.28. The Bertz CT molecular complexity index is 917. The van der Waals surface area contributed by atoms with Crippen LogP contribution < -0.4 is 18.9 Å². The van der Waals surface area contributed by atoms with Crippen LogP contribution >= 0.6 is 0 Å². The number of esters is 1. The molecule has 0 aliphatic carbocycles. The lowest BCUT2D eigenvalue weighted by Crippen LogP contribution is -2.22. The second-order valence-electron chi connectivity index (χ2n) is 6.08. The number of rotatable bonds is 5. The van der Waals surface area contributed by atoms with Gasteiger partial charge in [0.25, 0.3) is 0 Å². The first kappa shape index (κ1) is 18.6. The van der Waals surface area contributed by atoms with Crippen LogP contribution in [0.15, 0.2) is 24.3 Å². The number of hydrogen-bond acceptors (Lipinski definition) is 7. The highest BCUT2D eigenvalue weighted by Gasteiger charge is 2.35. The predicted molar refractivity (Wildman–Crippen MR) is 96.3 cm³/mol. The van der Waals surface area contributed by atoms with Crippen LogP contribution in [0.4, 0.5) is 0 Å². The molecule has 7 heteroatoms. The molecule has 2 aromatic rings. The fraction of sp³-hybridized carbons (Fsp3) is 0.300. The van der Waals surface area contributed by atoms with E-state index in [1.807, 2.05) is 0 Å². The molecular weight excluding hydrogens is 352 g/mol. The molecule has 2 aromatic carbocycles. The maximum Gasteiger partial charge on any atom is 0.312 e. The molecule has 27 heavy (non-hydrogen) atoms. The summed E-state index contributed by atoms with van der Waals surface area (Å²) in [4.78, 5) is 24.0. The third kappa shape index (κ3) is 3.05. The maximum atomic E-state index is 12.1. The number of phenols is 1. The second kappa shape index (κ2) is 7.19.